The smallest absolute Gasteiger partial charge is 0.407 e. The fraction of sp³-hybridized carbons (Fsp3) is 0.158. The van der Waals surface area contributed by atoms with Gasteiger partial charge in [0.2, 0.25) is 0 Å². The quantitative estimate of drug-likeness (QED) is 0.568. The van der Waals surface area contributed by atoms with Crippen molar-refractivity contribution < 1.29 is 23.5 Å². The van der Waals surface area contributed by atoms with Crippen molar-refractivity contribution in [1.29, 1.82) is 0 Å². The Morgan fingerprint density at radius 3 is 2.87 bits per heavy atom. The first kappa shape index (κ1) is 19.6. The zero-order chi connectivity index (χ0) is 21.3. The Bertz CT molecular complexity index is 1160. The first-order valence-electron chi connectivity index (χ1n) is 8.73. The van der Waals surface area contributed by atoms with Crippen LogP contribution in [0.1, 0.15) is 0 Å². The first-order chi connectivity index (χ1) is 14.4. The van der Waals surface area contributed by atoms with Crippen molar-refractivity contribution in [1.82, 2.24) is 15.3 Å². The van der Waals surface area contributed by atoms with Crippen LogP contribution in [0.4, 0.5) is 26.4 Å². The number of nitrogens with zero attached hydrogens (tertiary/aromatic N) is 2. The number of alkyl carbamates (subject to hydrolysis) is 1. The van der Waals surface area contributed by atoms with Crippen LogP contribution >= 0.6 is 11.6 Å². The summed E-state index contributed by atoms with van der Waals surface area (Å²) in [4.78, 5) is 32.1. The monoisotopic (exact) mass is 431 g/mol. The molecule has 2 aromatic carbocycles. The molecule has 1 atom stereocenters. The average Bonchev–Trinajstić information content (AvgIpc) is 3.17. The molecule has 0 unspecified atom stereocenters. The molecule has 3 aromatic rings. The number of hydrogen-bond acceptors (Lipinski definition) is 7. The van der Waals surface area contributed by atoms with Gasteiger partial charge >= 0.3 is 6.09 Å². The van der Waals surface area contributed by atoms with Crippen LogP contribution in [0.25, 0.3) is 10.9 Å². The summed E-state index contributed by atoms with van der Waals surface area (Å²) >= 11 is 5.84. The van der Waals surface area contributed by atoms with E-state index in [-0.39, 0.29) is 11.6 Å². The molecular weight excluding hydrogens is 417 g/mol. The molecule has 0 bridgehead atoms. The molecule has 1 saturated heterocycles. The summed E-state index contributed by atoms with van der Waals surface area (Å²) in [6.07, 6.45) is 0.706. The second-order valence-corrected chi connectivity index (χ2v) is 6.74. The molecule has 0 aliphatic carbocycles. The van der Waals surface area contributed by atoms with Crippen molar-refractivity contribution in [3.8, 4) is 5.75 Å². The number of anilines is 3. The maximum atomic E-state index is 13.4. The number of aromatic nitrogens is 2. The van der Waals surface area contributed by atoms with Crippen LogP contribution in [0.15, 0.2) is 36.7 Å². The number of benzene rings is 2. The van der Waals surface area contributed by atoms with Gasteiger partial charge in [-0.15, -0.1) is 0 Å². The van der Waals surface area contributed by atoms with Crippen molar-refractivity contribution >= 4 is 51.7 Å². The summed E-state index contributed by atoms with van der Waals surface area (Å²) in [6.45, 7) is -0.0677. The third kappa shape index (κ3) is 3.90. The molecule has 1 aromatic heterocycles. The van der Waals surface area contributed by atoms with Gasteiger partial charge in [-0.1, -0.05) is 11.6 Å². The lowest BCUT2D eigenvalue weighted by Crippen LogP contribution is -2.38. The van der Waals surface area contributed by atoms with Crippen molar-refractivity contribution in [2.45, 2.75) is 6.04 Å². The Balaban J connectivity index is 1.68. The topological polar surface area (TPSA) is 114 Å². The Kier molecular flexibility index (Phi) is 5.23. The summed E-state index contributed by atoms with van der Waals surface area (Å²) < 4.78 is 23.5. The highest BCUT2D eigenvalue weighted by atomic mass is 35.5. The van der Waals surface area contributed by atoms with E-state index in [2.05, 4.69) is 25.9 Å². The molecule has 2 heterocycles. The Morgan fingerprint density at radius 1 is 1.33 bits per heavy atom. The van der Waals surface area contributed by atoms with Crippen LogP contribution < -0.4 is 20.7 Å². The van der Waals surface area contributed by atoms with Crippen LogP contribution in [0.2, 0.25) is 5.02 Å². The number of ether oxygens (including phenoxy) is 2. The van der Waals surface area contributed by atoms with Gasteiger partial charge in [-0.2, -0.15) is 0 Å². The van der Waals surface area contributed by atoms with E-state index in [0.717, 1.165) is 0 Å². The SMILES string of the molecule is COc1cc2ncnc(Nc3ccc(F)c(Cl)c3)c2cc1NC(=O)[C@@H]1COC(=O)N1. The van der Waals surface area contributed by atoms with Crippen LogP contribution in [0, 0.1) is 5.82 Å². The van der Waals surface area contributed by atoms with Crippen LogP contribution in [0.3, 0.4) is 0 Å². The van der Waals surface area contributed by atoms with Crippen LogP contribution in [-0.4, -0.2) is 41.7 Å². The largest absolute Gasteiger partial charge is 0.494 e. The van der Waals surface area contributed by atoms with Gasteiger partial charge in [0.1, 0.15) is 36.4 Å². The zero-order valence-corrected chi connectivity index (χ0v) is 16.3. The summed E-state index contributed by atoms with van der Waals surface area (Å²) in [6, 6.07) is 6.64. The Morgan fingerprint density at radius 2 is 2.17 bits per heavy atom. The van der Waals surface area contributed by atoms with Crippen molar-refractivity contribution in [2.75, 3.05) is 24.4 Å². The van der Waals surface area contributed by atoms with E-state index in [1.807, 2.05) is 0 Å². The molecule has 3 N–H and O–H groups in total. The molecule has 1 aliphatic rings. The first-order valence-corrected chi connectivity index (χ1v) is 9.11. The van der Waals surface area contributed by atoms with Gasteiger partial charge < -0.3 is 25.4 Å². The third-order valence-corrected chi connectivity index (χ3v) is 4.68. The van der Waals surface area contributed by atoms with E-state index in [9.17, 15) is 14.0 Å². The number of carbonyl (C=O) groups is 2. The highest BCUT2D eigenvalue weighted by Gasteiger charge is 2.29. The van der Waals surface area contributed by atoms with Crippen molar-refractivity contribution in [3.63, 3.8) is 0 Å². The number of cyclic esters (lactones) is 1. The van der Waals surface area contributed by atoms with Gasteiger partial charge in [0, 0.05) is 17.1 Å². The van der Waals surface area contributed by atoms with Gasteiger partial charge in [0.25, 0.3) is 5.91 Å². The molecule has 1 aliphatic heterocycles. The van der Waals surface area contributed by atoms with E-state index >= 15 is 0 Å². The number of carbonyl (C=O) groups excluding carboxylic acids is 2. The fourth-order valence-corrected chi connectivity index (χ4v) is 3.09. The average molecular weight is 432 g/mol. The standard InChI is InChI=1S/C19H15ClFN5O4/c1-29-16-6-13-10(5-14(16)25-18(27)15-7-30-19(28)26-15)17(23-8-22-13)24-9-2-3-12(21)11(20)4-9/h2-6,8,15H,7H2,1H3,(H,25,27)(H,26,28)(H,22,23,24)/t15-/m0/s1. The molecule has 4 rings (SSSR count). The van der Waals surface area contributed by atoms with Crippen molar-refractivity contribution in [2.24, 2.45) is 0 Å². The lowest BCUT2D eigenvalue weighted by molar-refractivity contribution is -0.117. The molecule has 2 amide bonds. The Labute approximate surface area is 174 Å². The van der Waals surface area contributed by atoms with E-state index in [1.165, 1.54) is 31.6 Å². The summed E-state index contributed by atoms with van der Waals surface area (Å²) in [5, 5.41) is 8.72. The molecule has 30 heavy (non-hydrogen) atoms. The molecule has 0 radical (unpaired) electrons. The maximum Gasteiger partial charge on any atom is 0.407 e. The minimum atomic E-state index is -0.816. The number of amides is 2. The molecule has 0 saturated carbocycles. The molecule has 1 fully saturated rings. The second kappa shape index (κ2) is 7.99. The van der Waals surface area contributed by atoms with Gasteiger partial charge in [0.15, 0.2) is 0 Å². The molecule has 9 nitrogen and oxygen atoms in total. The number of nitrogens with one attached hydrogen (secondary N) is 3. The molecule has 11 heteroatoms. The van der Waals surface area contributed by atoms with Crippen LogP contribution in [-0.2, 0) is 9.53 Å². The summed E-state index contributed by atoms with van der Waals surface area (Å²) in [7, 11) is 1.46. The van der Waals surface area contributed by atoms with Gasteiger partial charge in [-0.3, -0.25) is 4.79 Å². The number of fused-ring (bicyclic) bond motifs is 1. The molecular formula is C19H15ClFN5O4. The molecule has 154 valence electrons. The van der Waals surface area contributed by atoms with E-state index < -0.39 is 23.9 Å². The Hall–Kier alpha value is -3.66. The van der Waals surface area contributed by atoms with E-state index in [4.69, 9.17) is 21.1 Å². The lowest BCUT2D eigenvalue weighted by atomic mass is 10.1. The minimum absolute atomic E-state index is 0.0335. The minimum Gasteiger partial charge on any atom is -0.494 e. The van der Waals surface area contributed by atoms with Gasteiger partial charge in [0.05, 0.1) is 23.3 Å². The fourth-order valence-electron chi connectivity index (χ4n) is 2.91. The van der Waals surface area contributed by atoms with E-state index in [0.29, 0.717) is 33.8 Å². The number of rotatable bonds is 5. The predicted molar refractivity (Wildman–Crippen MR) is 108 cm³/mol. The van der Waals surface area contributed by atoms with Gasteiger partial charge in [-0.25, -0.2) is 19.2 Å². The number of halogens is 2. The third-order valence-electron chi connectivity index (χ3n) is 4.39. The number of hydrogen-bond donors (Lipinski definition) is 3. The summed E-state index contributed by atoms with van der Waals surface area (Å²) in [5.74, 6) is -0.212. The lowest BCUT2D eigenvalue weighted by Gasteiger charge is -2.15. The zero-order valence-electron chi connectivity index (χ0n) is 15.5. The van der Waals surface area contributed by atoms with E-state index in [1.54, 1.807) is 12.1 Å². The van der Waals surface area contributed by atoms with Crippen molar-refractivity contribution in [3.05, 3.63) is 47.5 Å². The number of methoxy groups -OCH3 is 1. The maximum absolute atomic E-state index is 13.4. The highest BCUT2D eigenvalue weighted by molar-refractivity contribution is 6.31. The predicted octanol–water partition coefficient (Wildman–Crippen LogP) is 3.22. The normalized spacial score (nSPS) is 15.4. The van der Waals surface area contributed by atoms with Crippen LogP contribution in [0.5, 0.6) is 5.75 Å². The summed E-state index contributed by atoms with van der Waals surface area (Å²) in [5.41, 5.74) is 1.42. The molecule has 0 spiro atoms. The van der Waals surface area contributed by atoms with Gasteiger partial charge in [-0.05, 0) is 24.3 Å². The second-order valence-electron chi connectivity index (χ2n) is 6.33. The highest BCUT2D eigenvalue weighted by Crippen LogP contribution is 2.33.